The second-order valence-corrected chi connectivity index (χ2v) is 4.14. The molecule has 0 saturated carbocycles. The highest BCUT2D eigenvalue weighted by Gasteiger charge is 2.17. The SMILES string of the molecule is Cc1nn(CC2CCCCO2)cc1C(=O)O. The predicted octanol–water partition coefficient (Wildman–Crippen LogP) is 1.46. The van der Waals surface area contributed by atoms with Crippen molar-refractivity contribution in [1.29, 1.82) is 0 Å². The molecular formula is C11H16N2O3. The summed E-state index contributed by atoms with van der Waals surface area (Å²) in [6.07, 6.45) is 5.08. The van der Waals surface area contributed by atoms with E-state index < -0.39 is 5.97 Å². The van der Waals surface area contributed by atoms with Gasteiger partial charge in [-0.05, 0) is 26.2 Å². The summed E-state index contributed by atoms with van der Waals surface area (Å²) in [6, 6.07) is 0. The van der Waals surface area contributed by atoms with Crippen molar-refractivity contribution in [3.05, 3.63) is 17.5 Å². The number of hydrogen-bond donors (Lipinski definition) is 1. The standard InChI is InChI=1S/C11H16N2O3/c1-8-10(11(14)15)7-13(12-8)6-9-4-2-3-5-16-9/h7,9H,2-6H2,1H3,(H,14,15). The van der Waals surface area contributed by atoms with E-state index in [0.717, 1.165) is 19.4 Å². The minimum absolute atomic E-state index is 0.176. The molecule has 88 valence electrons. The van der Waals surface area contributed by atoms with Crippen molar-refractivity contribution < 1.29 is 14.6 Å². The number of ether oxygens (including phenoxy) is 1. The number of aromatic carboxylic acids is 1. The second-order valence-electron chi connectivity index (χ2n) is 4.14. The van der Waals surface area contributed by atoms with Crippen molar-refractivity contribution in [2.45, 2.75) is 38.8 Å². The van der Waals surface area contributed by atoms with Crippen LogP contribution in [0.3, 0.4) is 0 Å². The Morgan fingerprint density at radius 1 is 1.69 bits per heavy atom. The maximum absolute atomic E-state index is 10.8. The molecule has 1 aliphatic heterocycles. The zero-order valence-electron chi connectivity index (χ0n) is 9.35. The summed E-state index contributed by atoms with van der Waals surface area (Å²) in [5.74, 6) is -0.923. The van der Waals surface area contributed by atoms with Crippen molar-refractivity contribution >= 4 is 5.97 Å². The topological polar surface area (TPSA) is 64.4 Å². The molecule has 5 heteroatoms. The molecule has 1 aromatic heterocycles. The van der Waals surface area contributed by atoms with Crippen LogP contribution in [-0.4, -0.2) is 33.6 Å². The first-order valence-corrected chi connectivity index (χ1v) is 5.56. The van der Waals surface area contributed by atoms with Crippen molar-refractivity contribution in [2.75, 3.05) is 6.61 Å². The molecule has 0 bridgehead atoms. The highest BCUT2D eigenvalue weighted by atomic mass is 16.5. The minimum atomic E-state index is -0.923. The number of carbonyl (C=O) groups is 1. The fraction of sp³-hybridized carbons (Fsp3) is 0.636. The molecule has 1 N–H and O–H groups in total. The zero-order valence-corrected chi connectivity index (χ0v) is 9.35. The van der Waals surface area contributed by atoms with Gasteiger partial charge in [-0.15, -0.1) is 0 Å². The van der Waals surface area contributed by atoms with Gasteiger partial charge in [0.25, 0.3) is 0 Å². The third kappa shape index (κ3) is 2.41. The van der Waals surface area contributed by atoms with E-state index in [4.69, 9.17) is 9.84 Å². The third-order valence-electron chi connectivity index (χ3n) is 2.84. The molecule has 1 unspecified atom stereocenters. The van der Waals surface area contributed by atoms with Gasteiger partial charge >= 0.3 is 5.97 Å². The molecule has 1 saturated heterocycles. The molecule has 5 nitrogen and oxygen atoms in total. The molecule has 2 rings (SSSR count). The normalized spacial score (nSPS) is 20.9. The van der Waals surface area contributed by atoms with Crippen LogP contribution in [0.2, 0.25) is 0 Å². The van der Waals surface area contributed by atoms with Crippen LogP contribution in [0.15, 0.2) is 6.20 Å². The molecule has 0 aliphatic carbocycles. The van der Waals surface area contributed by atoms with Crippen molar-refractivity contribution in [3.8, 4) is 0 Å². The minimum Gasteiger partial charge on any atom is -0.478 e. The lowest BCUT2D eigenvalue weighted by Crippen LogP contribution is -2.24. The molecular weight excluding hydrogens is 208 g/mol. The van der Waals surface area contributed by atoms with Crippen LogP contribution in [0, 0.1) is 6.92 Å². The number of hydrogen-bond acceptors (Lipinski definition) is 3. The summed E-state index contributed by atoms with van der Waals surface area (Å²) in [5, 5.41) is 13.1. The largest absolute Gasteiger partial charge is 0.478 e. The second kappa shape index (κ2) is 4.65. The third-order valence-corrected chi connectivity index (χ3v) is 2.84. The zero-order chi connectivity index (χ0) is 11.5. The van der Waals surface area contributed by atoms with Gasteiger partial charge in [-0.2, -0.15) is 5.10 Å². The monoisotopic (exact) mass is 224 g/mol. The van der Waals surface area contributed by atoms with E-state index in [9.17, 15) is 4.79 Å². The molecule has 2 heterocycles. The highest BCUT2D eigenvalue weighted by Crippen LogP contribution is 2.15. The van der Waals surface area contributed by atoms with Crippen LogP contribution in [0.4, 0.5) is 0 Å². The van der Waals surface area contributed by atoms with Gasteiger partial charge in [-0.1, -0.05) is 0 Å². The Balaban J connectivity index is 2.03. The lowest BCUT2D eigenvalue weighted by molar-refractivity contribution is 0.00393. The smallest absolute Gasteiger partial charge is 0.339 e. The summed E-state index contributed by atoms with van der Waals surface area (Å²) in [4.78, 5) is 10.8. The van der Waals surface area contributed by atoms with E-state index in [0.29, 0.717) is 12.2 Å². The van der Waals surface area contributed by atoms with Gasteiger partial charge in [0.05, 0.1) is 18.3 Å². The summed E-state index contributed by atoms with van der Waals surface area (Å²) < 4.78 is 7.26. The van der Waals surface area contributed by atoms with E-state index in [1.165, 1.54) is 6.42 Å². The van der Waals surface area contributed by atoms with Crippen LogP contribution in [0.5, 0.6) is 0 Å². The van der Waals surface area contributed by atoms with Gasteiger partial charge in [-0.25, -0.2) is 4.79 Å². The van der Waals surface area contributed by atoms with Gasteiger partial charge in [0.1, 0.15) is 5.56 Å². The Labute approximate surface area is 94.0 Å². The predicted molar refractivity (Wildman–Crippen MR) is 57.5 cm³/mol. The van der Waals surface area contributed by atoms with Gasteiger partial charge in [0.15, 0.2) is 0 Å². The fourth-order valence-electron chi connectivity index (χ4n) is 1.98. The lowest BCUT2D eigenvalue weighted by atomic mass is 10.1. The van der Waals surface area contributed by atoms with E-state index in [2.05, 4.69) is 5.10 Å². The Hall–Kier alpha value is -1.36. The van der Waals surface area contributed by atoms with Crippen LogP contribution < -0.4 is 0 Å². The summed E-state index contributed by atoms with van der Waals surface area (Å²) >= 11 is 0. The summed E-state index contributed by atoms with van der Waals surface area (Å²) in [5.41, 5.74) is 0.833. The number of carboxylic acid groups (broad SMARTS) is 1. The van der Waals surface area contributed by atoms with Crippen molar-refractivity contribution in [2.24, 2.45) is 0 Å². The molecule has 1 fully saturated rings. The van der Waals surface area contributed by atoms with Crippen molar-refractivity contribution in [1.82, 2.24) is 9.78 Å². The maximum atomic E-state index is 10.8. The average molecular weight is 224 g/mol. The molecule has 0 amide bonds. The van der Waals surface area contributed by atoms with E-state index in [-0.39, 0.29) is 11.7 Å². The van der Waals surface area contributed by atoms with Crippen molar-refractivity contribution in [3.63, 3.8) is 0 Å². The molecule has 16 heavy (non-hydrogen) atoms. The Kier molecular flexibility index (Phi) is 3.24. The molecule has 1 atom stereocenters. The average Bonchev–Trinajstić information content (AvgIpc) is 2.61. The van der Waals surface area contributed by atoms with Gasteiger partial charge in [0, 0.05) is 12.8 Å². The van der Waals surface area contributed by atoms with E-state index in [1.807, 2.05) is 0 Å². The maximum Gasteiger partial charge on any atom is 0.339 e. The van der Waals surface area contributed by atoms with Crippen LogP contribution in [0.25, 0.3) is 0 Å². The van der Waals surface area contributed by atoms with Gasteiger partial charge in [0.2, 0.25) is 0 Å². The molecule has 1 aromatic rings. The number of nitrogens with zero attached hydrogens (tertiary/aromatic N) is 2. The molecule has 0 spiro atoms. The Bertz CT molecular complexity index is 381. The number of rotatable bonds is 3. The molecule has 1 aliphatic rings. The summed E-state index contributed by atoms with van der Waals surface area (Å²) in [6.45, 7) is 3.16. The van der Waals surface area contributed by atoms with Gasteiger partial charge in [-0.3, -0.25) is 4.68 Å². The number of aromatic nitrogens is 2. The van der Waals surface area contributed by atoms with E-state index in [1.54, 1.807) is 17.8 Å². The highest BCUT2D eigenvalue weighted by molar-refractivity contribution is 5.88. The number of carboxylic acids is 1. The Morgan fingerprint density at radius 2 is 2.50 bits per heavy atom. The van der Waals surface area contributed by atoms with E-state index >= 15 is 0 Å². The number of aryl methyl sites for hydroxylation is 1. The van der Waals surface area contributed by atoms with Gasteiger partial charge < -0.3 is 9.84 Å². The molecule has 0 radical (unpaired) electrons. The first kappa shape index (κ1) is 11.1. The van der Waals surface area contributed by atoms with Crippen LogP contribution >= 0.6 is 0 Å². The van der Waals surface area contributed by atoms with Crippen LogP contribution in [0.1, 0.15) is 35.3 Å². The quantitative estimate of drug-likeness (QED) is 0.844. The summed E-state index contributed by atoms with van der Waals surface area (Å²) in [7, 11) is 0. The Morgan fingerprint density at radius 3 is 3.06 bits per heavy atom. The first-order chi connectivity index (χ1) is 7.66. The fourth-order valence-corrected chi connectivity index (χ4v) is 1.98. The molecule has 0 aromatic carbocycles. The lowest BCUT2D eigenvalue weighted by Gasteiger charge is -2.22. The van der Waals surface area contributed by atoms with Crippen LogP contribution in [-0.2, 0) is 11.3 Å². The first-order valence-electron chi connectivity index (χ1n) is 5.56.